The summed E-state index contributed by atoms with van der Waals surface area (Å²) in [7, 11) is 0. The van der Waals surface area contributed by atoms with Crippen molar-refractivity contribution in [1.82, 2.24) is 5.32 Å². The van der Waals surface area contributed by atoms with Gasteiger partial charge < -0.3 is 10.4 Å². The van der Waals surface area contributed by atoms with Crippen LogP contribution in [-0.2, 0) is 6.54 Å². The van der Waals surface area contributed by atoms with Crippen LogP contribution in [0.15, 0.2) is 46.9 Å². The molecule has 0 aromatic heterocycles. The zero-order valence-corrected chi connectivity index (χ0v) is 12.9. The lowest BCUT2D eigenvalue weighted by atomic mass is 10.1. The summed E-state index contributed by atoms with van der Waals surface area (Å²) in [5, 5.41) is 13.6. The molecule has 0 aliphatic heterocycles. The number of rotatable bonds is 4. The van der Waals surface area contributed by atoms with E-state index >= 15 is 0 Å². The van der Waals surface area contributed by atoms with E-state index in [0.717, 1.165) is 10.0 Å². The Labute approximate surface area is 126 Å². The Bertz CT molecular complexity index is 574. The molecule has 1 unspecified atom stereocenters. The van der Waals surface area contributed by atoms with Crippen molar-refractivity contribution < 1.29 is 5.11 Å². The van der Waals surface area contributed by atoms with E-state index in [0.29, 0.717) is 11.6 Å². The molecule has 1 atom stereocenters. The summed E-state index contributed by atoms with van der Waals surface area (Å²) < 4.78 is 1.07. The summed E-state index contributed by atoms with van der Waals surface area (Å²) in [6.07, 6.45) is 0. The highest BCUT2D eigenvalue weighted by molar-refractivity contribution is 9.10. The smallest absolute Gasteiger partial charge is 0.138 e. The number of phenolic OH excluding ortho intramolecular Hbond substituents is 1. The maximum Gasteiger partial charge on any atom is 0.138 e. The topological polar surface area (TPSA) is 32.3 Å². The predicted octanol–water partition coefficient (Wildman–Crippen LogP) is 4.66. The minimum absolute atomic E-state index is 0.149. The van der Waals surface area contributed by atoms with Crippen molar-refractivity contribution in [1.29, 1.82) is 0 Å². The highest BCUT2D eigenvalue weighted by Crippen LogP contribution is 2.28. The Morgan fingerprint density at radius 2 is 1.95 bits per heavy atom. The molecule has 100 valence electrons. The minimum atomic E-state index is 0.149. The molecule has 0 amide bonds. The van der Waals surface area contributed by atoms with E-state index in [4.69, 9.17) is 11.6 Å². The summed E-state index contributed by atoms with van der Waals surface area (Å²) >= 11 is 9.42. The molecule has 0 saturated carbocycles. The third kappa shape index (κ3) is 3.50. The van der Waals surface area contributed by atoms with Crippen molar-refractivity contribution in [2.45, 2.75) is 19.5 Å². The maximum absolute atomic E-state index is 9.85. The van der Waals surface area contributed by atoms with Gasteiger partial charge in [-0.3, -0.25) is 0 Å². The van der Waals surface area contributed by atoms with Crippen LogP contribution in [0.1, 0.15) is 24.1 Å². The van der Waals surface area contributed by atoms with Crippen molar-refractivity contribution in [3.8, 4) is 5.75 Å². The van der Waals surface area contributed by atoms with Crippen LogP contribution in [0.2, 0.25) is 5.02 Å². The van der Waals surface area contributed by atoms with Crippen molar-refractivity contribution in [3.05, 3.63) is 63.1 Å². The second-order valence-corrected chi connectivity index (χ2v) is 5.63. The zero-order valence-electron chi connectivity index (χ0n) is 10.5. The van der Waals surface area contributed by atoms with Crippen molar-refractivity contribution in [3.63, 3.8) is 0 Å². The number of benzene rings is 2. The number of phenols is 1. The van der Waals surface area contributed by atoms with Crippen LogP contribution in [0.5, 0.6) is 5.75 Å². The van der Waals surface area contributed by atoms with E-state index < -0.39 is 0 Å². The van der Waals surface area contributed by atoms with Gasteiger partial charge in [0.2, 0.25) is 0 Å². The van der Waals surface area contributed by atoms with Crippen LogP contribution >= 0.6 is 27.5 Å². The Morgan fingerprint density at radius 1 is 1.21 bits per heavy atom. The lowest BCUT2D eigenvalue weighted by Gasteiger charge is -2.16. The first kappa shape index (κ1) is 14.4. The third-order valence-electron chi connectivity index (χ3n) is 3.04. The van der Waals surface area contributed by atoms with Gasteiger partial charge >= 0.3 is 0 Å². The van der Waals surface area contributed by atoms with E-state index in [-0.39, 0.29) is 11.8 Å². The first-order valence-corrected chi connectivity index (χ1v) is 7.21. The van der Waals surface area contributed by atoms with Gasteiger partial charge in [-0.05, 0) is 24.6 Å². The Kier molecular flexibility index (Phi) is 4.86. The van der Waals surface area contributed by atoms with Crippen LogP contribution < -0.4 is 5.32 Å². The highest BCUT2D eigenvalue weighted by atomic mass is 79.9. The summed E-state index contributed by atoms with van der Waals surface area (Å²) in [5.74, 6) is 0.149. The minimum Gasteiger partial charge on any atom is -0.506 e. The van der Waals surface area contributed by atoms with Crippen molar-refractivity contribution in [2.75, 3.05) is 0 Å². The van der Waals surface area contributed by atoms with Crippen molar-refractivity contribution in [2.24, 2.45) is 0 Å². The van der Waals surface area contributed by atoms with Gasteiger partial charge in [-0.1, -0.05) is 57.9 Å². The van der Waals surface area contributed by atoms with Crippen LogP contribution in [0.3, 0.4) is 0 Å². The van der Waals surface area contributed by atoms with Gasteiger partial charge in [0.1, 0.15) is 5.75 Å². The summed E-state index contributed by atoms with van der Waals surface area (Å²) in [6, 6.07) is 13.6. The summed E-state index contributed by atoms with van der Waals surface area (Å²) in [4.78, 5) is 0. The zero-order chi connectivity index (χ0) is 13.8. The van der Waals surface area contributed by atoms with Gasteiger partial charge in [0.25, 0.3) is 0 Å². The van der Waals surface area contributed by atoms with Crippen LogP contribution in [0, 0.1) is 0 Å². The van der Waals surface area contributed by atoms with E-state index in [2.05, 4.69) is 34.2 Å². The Morgan fingerprint density at radius 3 is 2.68 bits per heavy atom. The van der Waals surface area contributed by atoms with E-state index in [1.165, 1.54) is 5.56 Å². The molecule has 0 radical (unpaired) electrons. The Hall–Kier alpha value is -1.03. The number of halogens is 2. The molecule has 2 aromatic rings. The fourth-order valence-corrected chi connectivity index (χ4v) is 2.72. The molecule has 4 heteroatoms. The normalized spacial score (nSPS) is 12.4. The molecule has 2 aromatic carbocycles. The molecule has 0 fully saturated rings. The third-order valence-corrected chi connectivity index (χ3v) is 4.07. The van der Waals surface area contributed by atoms with Gasteiger partial charge in [0, 0.05) is 22.6 Å². The summed E-state index contributed by atoms with van der Waals surface area (Å²) in [6.45, 7) is 2.65. The number of para-hydroxylation sites is 1. The molecule has 2 N–H and O–H groups in total. The lowest BCUT2D eigenvalue weighted by Crippen LogP contribution is -2.18. The van der Waals surface area contributed by atoms with Crippen LogP contribution in [0.4, 0.5) is 0 Å². The van der Waals surface area contributed by atoms with Gasteiger partial charge in [0.05, 0.1) is 5.02 Å². The predicted molar refractivity (Wildman–Crippen MR) is 82.5 cm³/mol. The molecule has 0 saturated heterocycles. The standard InChI is InChI=1S/C15H15BrClNO/c1-10(12-6-2-3-7-13(12)16)18-9-11-5-4-8-14(17)15(11)19/h2-8,10,18-19H,9H2,1H3. The van der Waals surface area contributed by atoms with E-state index in [1.54, 1.807) is 6.07 Å². The molecular formula is C15H15BrClNO. The largest absolute Gasteiger partial charge is 0.506 e. The number of hydrogen-bond donors (Lipinski definition) is 2. The van der Waals surface area contributed by atoms with Gasteiger partial charge in [-0.2, -0.15) is 0 Å². The molecule has 2 rings (SSSR count). The molecule has 19 heavy (non-hydrogen) atoms. The first-order valence-electron chi connectivity index (χ1n) is 6.03. The maximum atomic E-state index is 9.85. The van der Waals surface area contributed by atoms with Gasteiger partial charge in [-0.25, -0.2) is 0 Å². The van der Waals surface area contributed by atoms with Crippen LogP contribution in [-0.4, -0.2) is 5.11 Å². The second-order valence-electron chi connectivity index (χ2n) is 4.37. The fraction of sp³-hybridized carbons (Fsp3) is 0.200. The van der Waals surface area contributed by atoms with Gasteiger partial charge in [0.15, 0.2) is 0 Å². The van der Waals surface area contributed by atoms with Gasteiger partial charge in [-0.15, -0.1) is 0 Å². The number of aromatic hydroxyl groups is 1. The molecule has 0 aliphatic carbocycles. The quantitative estimate of drug-likeness (QED) is 0.848. The van der Waals surface area contributed by atoms with Crippen LogP contribution in [0.25, 0.3) is 0 Å². The number of hydrogen-bond acceptors (Lipinski definition) is 2. The molecule has 0 aliphatic rings. The lowest BCUT2D eigenvalue weighted by molar-refractivity contribution is 0.460. The Balaban J connectivity index is 2.07. The average molecular weight is 341 g/mol. The second kappa shape index (κ2) is 6.42. The molecular weight excluding hydrogens is 326 g/mol. The molecule has 0 heterocycles. The summed E-state index contributed by atoms with van der Waals surface area (Å²) in [5.41, 5.74) is 1.98. The number of nitrogens with one attached hydrogen (secondary N) is 1. The van der Waals surface area contributed by atoms with E-state index in [9.17, 15) is 5.11 Å². The molecule has 2 nitrogen and oxygen atoms in total. The SMILES string of the molecule is CC(NCc1cccc(Cl)c1O)c1ccccc1Br. The highest BCUT2D eigenvalue weighted by Gasteiger charge is 2.10. The monoisotopic (exact) mass is 339 g/mol. The van der Waals surface area contributed by atoms with E-state index in [1.807, 2.05) is 30.3 Å². The fourth-order valence-electron chi connectivity index (χ4n) is 1.90. The van der Waals surface area contributed by atoms with Crippen molar-refractivity contribution >= 4 is 27.5 Å². The molecule has 0 spiro atoms. The average Bonchev–Trinajstić information content (AvgIpc) is 2.40. The first-order chi connectivity index (χ1) is 9.09. The molecule has 0 bridgehead atoms.